The molecule has 2 aromatic carbocycles. The van der Waals surface area contributed by atoms with Gasteiger partial charge in [0.15, 0.2) is 4.77 Å². The number of hydrogen-bond acceptors (Lipinski definition) is 5. The molecule has 0 unspecified atom stereocenters. The average Bonchev–Trinajstić information content (AvgIpc) is 2.55. The molecule has 7 heteroatoms. The second kappa shape index (κ2) is 6.93. The third-order valence-corrected chi connectivity index (χ3v) is 3.41. The Hall–Kier alpha value is -3.19. The smallest absolute Gasteiger partial charge is 0.264 e. The molecule has 1 aromatic heterocycles. The molecule has 0 saturated heterocycles. The van der Waals surface area contributed by atoms with E-state index in [1.165, 1.54) is 6.21 Å². The number of aliphatic imine (C=N–C) groups is 1. The van der Waals surface area contributed by atoms with E-state index in [1.54, 1.807) is 6.07 Å². The topological polar surface area (TPSA) is 93.3 Å². The van der Waals surface area contributed by atoms with E-state index in [9.17, 15) is 9.90 Å². The van der Waals surface area contributed by atoms with Crippen LogP contribution in [-0.4, -0.2) is 21.3 Å². The molecule has 0 atom stereocenters. The quantitative estimate of drug-likeness (QED) is 0.432. The van der Waals surface area contributed by atoms with Crippen molar-refractivity contribution in [2.75, 3.05) is 5.32 Å². The van der Waals surface area contributed by atoms with Gasteiger partial charge in [-0.3, -0.25) is 14.8 Å². The van der Waals surface area contributed by atoms with Gasteiger partial charge in [0.25, 0.3) is 5.56 Å². The predicted molar refractivity (Wildman–Crippen MR) is 97.3 cm³/mol. The van der Waals surface area contributed by atoms with Crippen LogP contribution in [0.1, 0.15) is 5.56 Å². The summed E-state index contributed by atoms with van der Waals surface area (Å²) in [6, 6.07) is 17.1. The van der Waals surface area contributed by atoms with Crippen LogP contribution in [0.5, 0.6) is 5.88 Å². The summed E-state index contributed by atoms with van der Waals surface area (Å²) in [5.41, 5.74) is 1.98. The lowest BCUT2D eigenvalue weighted by molar-refractivity contribution is 0.449. The normalized spacial score (nSPS) is 10.8. The zero-order chi connectivity index (χ0) is 16.9. The van der Waals surface area contributed by atoms with Crippen molar-refractivity contribution in [1.29, 1.82) is 0 Å². The molecule has 1 heterocycles. The van der Waals surface area contributed by atoms with Crippen molar-refractivity contribution in [3.63, 3.8) is 0 Å². The largest absolute Gasteiger partial charge is 0.494 e. The minimum absolute atomic E-state index is 0.0185. The standard InChI is InChI=1S/C17H14N4O2S/c22-15-14(16(23)21-17(24)20-15)10-18-12-7-4-8-13(9-12)19-11-5-2-1-3-6-11/h1-10,19H,(H3,20,21,22,23,24). The minimum Gasteiger partial charge on any atom is -0.494 e. The van der Waals surface area contributed by atoms with Gasteiger partial charge in [-0.15, -0.1) is 0 Å². The molecule has 6 nitrogen and oxygen atoms in total. The summed E-state index contributed by atoms with van der Waals surface area (Å²) in [6.45, 7) is 0. The van der Waals surface area contributed by atoms with Gasteiger partial charge in [-0.25, -0.2) is 0 Å². The van der Waals surface area contributed by atoms with Gasteiger partial charge in [0.2, 0.25) is 5.88 Å². The van der Waals surface area contributed by atoms with Gasteiger partial charge >= 0.3 is 0 Å². The Bertz CT molecular complexity index is 993. The molecule has 4 N–H and O–H groups in total. The molecular weight excluding hydrogens is 324 g/mol. The van der Waals surface area contributed by atoms with Crippen molar-refractivity contribution in [2.45, 2.75) is 0 Å². The molecule has 24 heavy (non-hydrogen) atoms. The van der Waals surface area contributed by atoms with Crippen LogP contribution in [0.25, 0.3) is 0 Å². The fourth-order valence-corrected chi connectivity index (χ4v) is 2.28. The van der Waals surface area contributed by atoms with Crippen molar-refractivity contribution in [3.8, 4) is 5.88 Å². The third-order valence-electron chi connectivity index (χ3n) is 3.21. The number of anilines is 2. The van der Waals surface area contributed by atoms with E-state index in [0.29, 0.717) is 5.69 Å². The first-order chi connectivity index (χ1) is 11.6. The van der Waals surface area contributed by atoms with Crippen LogP contribution in [0.3, 0.4) is 0 Å². The first-order valence-electron chi connectivity index (χ1n) is 7.13. The maximum absolute atomic E-state index is 11.8. The zero-order valence-corrected chi connectivity index (χ0v) is 13.3. The molecule has 120 valence electrons. The van der Waals surface area contributed by atoms with Crippen LogP contribution in [0, 0.1) is 4.77 Å². The molecule has 0 aliphatic carbocycles. The number of aromatic amines is 2. The highest BCUT2D eigenvalue weighted by Gasteiger charge is 2.04. The number of benzene rings is 2. The Kier molecular flexibility index (Phi) is 4.53. The maximum atomic E-state index is 11.8. The monoisotopic (exact) mass is 338 g/mol. The number of aromatic nitrogens is 2. The van der Waals surface area contributed by atoms with Crippen LogP contribution in [0.15, 0.2) is 64.4 Å². The van der Waals surface area contributed by atoms with Crippen LogP contribution in [0.2, 0.25) is 0 Å². The van der Waals surface area contributed by atoms with Crippen molar-refractivity contribution in [2.24, 2.45) is 4.99 Å². The number of rotatable bonds is 4. The molecule has 0 aliphatic heterocycles. The summed E-state index contributed by atoms with van der Waals surface area (Å²) in [4.78, 5) is 20.9. The van der Waals surface area contributed by atoms with Crippen LogP contribution < -0.4 is 10.9 Å². The fraction of sp³-hybridized carbons (Fsp3) is 0. The molecule has 0 aliphatic rings. The van der Waals surface area contributed by atoms with Crippen molar-refractivity contribution in [3.05, 3.63) is 75.3 Å². The number of H-pyrrole nitrogens is 2. The molecule has 0 radical (unpaired) electrons. The van der Waals surface area contributed by atoms with E-state index >= 15 is 0 Å². The summed E-state index contributed by atoms with van der Waals surface area (Å²) >= 11 is 4.78. The summed E-state index contributed by atoms with van der Waals surface area (Å²) in [7, 11) is 0. The Morgan fingerprint density at radius 2 is 1.79 bits per heavy atom. The van der Waals surface area contributed by atoms with Crippen LogP contribution in [0.4, 0.5) is 17.1 Å². The van der Waals surface area contributed by atoms with Gasteiger partial charge in [0.1, 0.15) is 5.56 Å². The predicted octanol–water partition coefficient (Wildman–Crippen LogP) is 3.63. The fourth-order valence-electron chi connectivity index (χ4n) is 2.10. The van der Waals surface area contributed by atoms with E-state index in [2.05, 4.69) is 20.3 Å². The van der Waals surface area contributed by atoms with Gasteiger partial charge in [-0.1, -0.05) is 24.3 Å². The lowest BCUT2D eigenvalue weighted by Crippen LogP contribution is -2.13. The van der Waals surface area contributed by atoms with Crippen molar-refractivity contribution in [1.82, 2.24) is 9.97 Å². The highest BCUT2D eigenvalue weighted by molar-refractivity contribution is 7.71. The molecule has 3 rings (SSSR count). The van der Waals surface area contributed by atoms with E-state index in [1.807, 2.05) is 48.5 Å². The molecule has 3 aromatic rings. The van der Waals surface area contributed by atoms with E-state index in [0.717, 1.165) is 11.4 Å². The summed E-state index contributed by atoms with van der Waals surface area (Å²) in [5.74, 6) is -0.314. The molecule has 0 amide bonds. The van der Waals surface area contributed by atoms with Gasteiger partial charge in [-0.2, -0.15) is 0 Å². The molecule has 0 bridgehead atoms. The van der Waals surface area contributed by atoms with Crippen LogP contribution in [-0.2, 0) is 0 Å². The number of para-hydroxylation sites is 1. The summed E-state index contributed by atoms with van der Waals surface area (Å²) < 4.78 is 0.0590. The molecule has 0 fully saturated rings. The zero-order valence-electron chi connectivity index (χ0n) is 12.5. The van der Waals surface area contributed by atoms with Crippen LogP contribution >= 0.6 is 12.2 Å². The SMILES string of the molecule is O=c1[nH]c(=S)[nH]c(O)c1C=Nc1cccc(Nc2ccccc2)c1. The summed E-state index contributed by atoms with van der Waals surface area (Å²) in [6.07, 6.45) is 1.29. The lowest BCUT2D eigenvalue weighted by atomic mass is 10.2. The molecule has 0 saturated carbocycles. The van der Waals surface area contributed by atoms with E-state index in [-0.39, 0.29) is 16.2 Å². The Morgan fingerprint density at radius 1 is 1.04 bits per heavy atom. The third kappa shape index (κ3) is 3.76. The van der Waals surface area contributed by atoms with E-state index in [4.69, 9.17) is 12.2 Å². The second-order valence-corrected chi connectivity index (χ2v) is 5.38. The van der Waals surface area contributed by atoms with Gasteiger partial charge in [-0.05, 0) is 42.5 Å². The van der Waals surface area contributed by atoms with Gasteiger partial charge in [0, 0.05) is 17.6 Å². The Balaban J connectivity index is 1.85. The Labute approximate surface area is 142 Å². The van der Waals surface area contributed by atoms with Crippen molar-refractivity contribution < 1.29 is 5.11 Å². The first kappa shape index (κ1) is 15.7. The van der Waals surface area contributed by atoms with Gasteiger partial charge in [0.05, 0.1) is 5.69 Å². The first-order valence-corrected chi connectivity index (χ1v) is 7.54. The Morgan fingerprint density at radius 3 is 2.54 bits per heavy atom. The second-order valence-electron chi connectivity index (χ2n) is 4.97. The van der Waals surface area contributed by atoms with E-state index < -0.39 is 5.56 Å². The van der Waals surface area contributed by atoms with Crippen molar-refractivity contribution >= 4 is 35.5 Å². The average molecular weight is 338 g/mol. The minimum atomic E-state index is -0.501. The molecule has 0 spiro atoms. The lowest BCUT2D eigenvalue weighted by Gasteiger charge is -2.06. The number of hydrogen-bond donors (Lipinski definition) is 4. The molecular formula is C17H14N4O2S. The highest BCUT2D eigenvalue weighted by atomic mass is 32.1. The summed E-state index contributed by atoms with van der Waals surface area (Å²) in [5, 5.41) is 13.0. The van der Waals surface area contributed by atoms with Gasteiger partial charge < -0.3 is 15.4 Å². The number of nitrogens with zero attached hydrogens (tertiary/aromatic N) is 1. The number of nitrogens with one attached hydrogen (secondary N) is 3. The number of aromatic hydroxyl groups is 1. The maximum Gasteiger partial charge on any atom is 0.264 e. The highest BCUT2D eigenvalue weighted by Crippen LogP contribution is 2.21.